The second-order valence-corrected chi connectivity index (χ2v) is 4.99. The van der Waals surface area contributed by atoms with E-state index in [2.05, 4.69) is 17.6 Å². The van der Waals surface area contributed by atoms with Gasteiger partial charge in [0.2, 0.25) is 11.5 Å². The number of nitrogens with one attached hydrogen (secondary N) is 2. The average Bonchev–Trinajstić information content (AvgIpc) is 2.34. The van der Waals surface area contributed by atoms with Crippen LogP contribution in [0.15, 0.2) is 23.1 Å². The molecule has 5 nitrogen and oxygen atoms in total. The summed E-state index contributed by atoms with van der Waals surface area (Å²) in [6.07, 6.45) is 3.60. The van der Waals surface area contributed by atoms with E-state index in [1.54, 1.807) is 19.3 Å². The molecule has 2 N–H and O–H groups in total. The highest BCUT2D eigenvalue weighted by molar-refractivity contribution is 5.94. The van der Waals surface area contributed by atoms with Crippen LogP contribution in [0.25, 0.3) is 0 Å². The lowest BCUT2D eigenvalue weighted by Crippen LogP contribution is -2.45. The lowest BCUT2D eigenvalue weighted by atomic mass is 9.94. The van der Waals surface area contributed by atoms with Crippen LogP contribution >= 0.6 is 0 Å². The molecule has 5 heteroatoms. The molecular formula is C13H19N3O2. The molecule has 2 atom stereocenters. The summed E-state index contributed by atoms with van der Waals surface area (Å²) in [6, 6.07) is 2.95. The fourth-order valence-electron chi connectivity index (χ4n) is 2.20. The van der Waals surface area contributed by atoms with Crippen LogP contribution in [0.2, 0.25) is 0 Å². The molecule has 1 amide bonds. The highest BCUT2D eigenvalue weighted by Crippen LogP contribution is 2.16. The molecule has 2 heterocycles. The van der Waals surface area contributed by atoms with Crippen LogP contribution in [0, 0.1) is 5.92 Å². The van der Waals surface area contributed by atoms with E-state index in [0.29, 0.717) is 11.6 Å². The Bertz CT molecular complexity index is 495. The first kappa shape index (κ1) is 12.8. The number of hydrogen-bond acceptors (Lipinski definition) is 3. The molecule has 0 saturated carbocycles. The Morgan fingerprint density at radius 3 is 2.94 bits per heavy atom. The molecule has 1 saturated heterocycles. The van der Waals surface area contributed by atoms with Crippen molar-refractivity contribution in [2.45, 2.75) is 25.8 Å². The van der Waals surface area contributed by atoms with Crippen molar-refractivity contribution in [3.63, 3.8) is 0 Å². The minimum atomic E-state index is -0.133. The molecule has 1 aromatic heterocycles. The van der Waals surface area contributed by atoms with Gasteiger partial charge in [0.05, 0.1) is 11.7 Å². The molecule has 1 fully saturated rings. The first-order chi connectivity index (χ1) is 8.56. The summed E-state index contributed by atoms with van der Waals surface area (Å²) in [4.78, 5) is 23.3. The number of aromatic nitrogens is 1. The van der Waals surface area contributed by atoms with Crippen molar-refractivity contribution in [3.05, 3.63) is 28.7 Å². The second-order valence-electron chi connectivity index (χ2n) is 4.99. The van der Waals surface area contributed by atoms with Gasteiger partial charge >= 0.3 is 0 Å². The van der Waals surface area contributed by atoms with Crippen LogP contribution in [0.1, 0.15) is 19.8 Å². The van der Waals surface area contributed by atoms with Crippen molar-refractivity contribution in [1.29, 1.82) is 0 Å². The van der Waals surface area contributed by atoms with Crippen LogP contribution in [0.5, 0.6) is 0 Å². The van der Waals surface area contributed by atoms with Crippen LogP contribution in [0.3, 0.4) is 0 Å². The monoisotopic (exact) mass is 249 g/mol. The summed E-state index contributed by atoms with van der Waals surface area (Å²) in [6.45, 7) is 3.04. The maximum Gasteiger partial charge on any atom is 0.250 e. The Labute approximate surface area is 106 Å². The minimum Gasteiger partial charge on any atom is -0.323 e. The van der Waals surface area contributed by atoms with E-state index in [1.165, 1.54) is 10.6 Å². The van der Waals surface area contributed by atoms with E-state index in [1.807, 2.05) is 0 Å². The van der Waals surface area contributed by atoms with Crippen molar-refractivity contribution >= 4 is 11.6 Å². The van der Waals surface area contributed by atoms with E-state index in [9.17, 15) is 9.59 Å². The molecule has 1 aliphatic rings. The molecule has 0 bridgehead atoms. The summed E-state index contributed by atoms with van der Waals surface area (Å²) in [7, 11) is 1.67. The zero-order valence-corrected chi connectivity index (χ0v) is 10.8. The van der Waals surface area contributed by atoms with E-state index >= 15 is 0 Å². The number of carbonyl (C=O) groups is 1. The van der Waals surface area contributed by atoms with E-state index in [-0.39, 0.29) is 17.5 Å². The largest absolute Gasteiger partial charge is 0.323 e. The SMILES string of the molecule is CC1CCNC(C(=O)Nc2ccc(=O)n(C)c2)C1. The van der Waals surface area contributed by atoms with Crippen molar-refractivity contribution in [1.82, 2.24) is 9.88 Å². The Morgan fingerprint density at radius 1 is 1.50 bits per heavy atom. The fraction of sp³-hybridized carbons (Fsp3) is 0.538. The predicted octanol–water partition coefficient (Wildman–Crippen LogP) is 0.712. The lowest BCUT2D eigenvalue weighted by Gasteiger charge is -2.27. The number of aryl methyl sites for hydroxylation is 1. The topological polar surface area (TPSA) is 63.1 Å². The van der Waals surface area contributed by atoms with Gasteiger partial charge < -0.3 is 15.2 Å². The first-order valence-electron chi connectivity index (χ1n) is 6.27. The first-order valence-corrected chi connectivity index (χ1v) is 6.27. The third-order valence-electron chi connectivity index (χ3n) is 3.34. The normalized spacial score (nSPS) is 23.7. The summed E-state index contributed by atoms with van der Waals surface area (Å²) in [5, 5.41) is 6.05. The highest BCUT2D eigenvalue weighted by atomic mass is 16.2. The van der Waals surface area contributed by atoms with E-state index in [0.717, 1.165) is 19.4 Å². The summed E-state index contributed by atoms with van der Waals surface area (Å²) < 4.78 is 1.45. The molecule has 18 heavy (non-hydrogen) atoms. The van der Waals surface area contributed by atoms with Gasteiger partial charge in [0.1, 0.15) is 0 Å². The molecule has 0 radical (unpaired) electrons. The number of anilines is 1. The number of piperidine rings is 1. The molecule has 2 rings (SSSR count). The number of hydrogen-bond donors (Lipinski definition) is 2. The third kappa shape index (κ3) is 2.98. The fourth-order valence-corrected chi connectivity index (χ4v) is 2.20. The molecular weight excluding hydrogens is 230 g/mol. The van der Waals surface area contributed by atoms with Gasteiger partial charge in [-0.1, -0.05) is 6.92 Å². The molecule has 0 spiro atoms. The van der Waals surface area contributed by atoms with Crippen LogP contribution in [0.4, 0.5) is 5.69 Å². The van der Waals surface area contributed by atoms with Gasteiger partial charge in [-0.15, -0.1) is 0 Å². The van der Waals surface area contributed by atoms with E-state index in [4.69, 9.17) is 0 Å². The van der Waals surface area contributed by atoms with Crippen molar-refractivity contribution in [2.24, 2.45) is 13.0 Å². The van der Waals surface area contributed by atoms with Crippen LogP contribution < -0.4 is 16.2 Å². The van der Waals surface area contributed by atoms with Gasteiger partial charge in [-0.05, 0) is 31.4 Å². The van der Waals surface area contributed by atoms with Gasteiger partial charge in [0.25, 0.3) is 0 Å². The molecule has 1 aliphatic heterocycles. The van der Waals surface area contributed by atoms with Gasteiger partial charge in [-0.25, -0.2) is 0 Å². The Hall–Kier alpha value is -1.62. The highest BCUT2D eigenvalue weighted by Gasteiger charge is 2.24. The smallest absolute Gasteiger partial charge is 0.250 e. The summed E-state index contributed by atoms with van der Waals surface area (Å²) in [5.41, 5.74) is 0.569. The molecule has 0 aliphatic carbocycles. The van der Waals surface area contributed by atoms with Crippen molar-refractivity contribution < 1.29 is 4.79 Å². The van der Waals surface area contributed by atoms with E-state index < -0.39 is 0 Å². The summed E-state index contributed by atoms with van der Waals surface area (Å²) in [5.74, 6) is 0.544. The Morgan fingerprint density at radius 2 is 2.28 bits per heavy atom. The number of rotatable bonds is 2. The van der Waals surface area contributed by atoms with Crippen molar-refractivity contribution in [2.75, 3.05) is 11.9 Å². The van der Waals surface area contributed by atoms with Crippen molar-refractivity contribution in [3.8, 4) is 0 Å². The second kappa shape index (κ2) is 5.35. The predicted molar refractivity (Wildman–Crippen MR) is 70.5 cm³/mol. The zero-order chi connectivity index (χ0) is 13.1. The maximum atomic E-state index is 12.0. The Balaban J connectivity index is 2.02. The number of carbonyl (C=O) groups excluding carboxylic acids is 1. The van der Waals surface area contributed by atoms with Crippen LogP contribution in [-0.2, 0) is 11.8 Å². The zero-order valence-electron chi connectivity index (χ0n) is 10.8. The number of nitrogens with zero attached hydrogens (tertiary/aromatic N) is 1. The molecule has 2 unspecified atom stereocenters. The number of amides is 1. The van der Waals surface area contributed by atoms with Gasteiger partial charge in [0, 0.05) is 19.3 Å². The molecule has 1 aromatic rings. The van der Waals surface area contributed by atoms with Gasteiger partial charge in [-0.2, -0.15) is 0 Å². The third-order valence-corrected chi connectivity index (χ3v) is 3.34. The average molecular weight is 249 g/mol. The van der Waals surface area contributed by atoms with Gasteiger partial charge in [-0.3, -0.25) is 9.59 Å². The standard InChI is InChI=1S/C13H19N3O2/c1-9-5-6-14-11(7-9)13(18)15-10-3-4-12(17)16(2)8-10/h3-4,8-9,11,14H,5-7H2,1-2H3,(H,15,18). The quantitative estimate of drug-likeness (QED) is 0.811. The molecule has 98 valence electrons. The van der Waals surface area contributed by atoms with Crippen LogP contribution in [-0.4, -0.2) is 23.1 Å². The minimum absolute atomic E-state index is 0.0276. The summed E-state index contributed by atoms with van der Waals surface area (Å²) >= 11 is 0. The number of pyridine rings is 1. The molecule has 0 aromatic carbocycles. The Kier molecular flexibility index (Phi) is 3.81. The lowest BCUT2D eigenvalue weighted by molar-refractivity contribution is -0.119. The maximum absolute atomic E-state index is 12.0. The van der Waals surface area contributed by atoms with Gasteiger partial charge in [0.15, 0.2) is 0 Å².